The number of likely N-dealkylation sites (N-methyl/N-ethyl adjacent to an activating group) is 1. The summed E-state index contributed by atoms with van der Waals surface area (Å²) in [5.41, 5.74) is -0.446. The lowest BCUT2D eigenvalue weighted by molar-refractivity contribution is -0.153. The molecule has 0 atom stereocenters. The molecule has 6 heteroatoms. The molecule has 0 aromatic heterocycles. The zero-order valence-corrected chi connectivity index (χ0v) is 13.1. The molecule has 0 bridgehead atoms. The molecule has 22 heavy (non-hydrogen) atoms. The molecule has 2 saturated heterocycles. The fraction of sp³-hybridized carbons (Fsp3) is 0.875. The number of urea groups is 1. The number of ether oxygens (including phenoxy) is 1. The Morgan fingerprint density at radius 3 is 2.41 bits per heavy atom. The first kappa shape index (κ1) is 14.5. The van der Waals surface area contributed by atoms with Crippen molar-refractivity contribution < 1.29 is 19.4 Å². The number of amides is 3. The number of imide groups is 1. The van der Waals surface area contributed by atoms with Crippen molar-refractivity contribution in [3.05, 3.63) is 0 Å². The van der Waals surface area contributed by atoms with Crippen molar-refractivity contribution in [3.8, 4) is 0 Å². The van der Waals surface area contributed by atoms with E-state index >= 15 is 0 Å². The Kier molecular flexibility index (Phi) is 3.07. The van der Waals surface area contributed by atoms with Crippen LogP contribution in [0, 0.1) is 11.3 Å². The molecule has 2 spiro atoms. The lowest BCUT2D eigenvalue weighted by Gasteiger charge is -2.58. The zero-order chi connectivity index (χ0) is 15.5. The van der Waals surface area contributed by atoms with E-state index in [2.05, 4.69) is 0 Å². The first-order valence-corrected chi connectivity index (χ1v) is 8.31. The average molecular weight is 308 g/mol. The molecular weight excluding hydrogens is 284 g/mol. The predicted molar refractivity (Wildman–Crippen MR) is 78.1 cm³/mol. The van der Waals surface area contributed by atoms with E-state index in [9.17, 15) is 14.7 Å². The number of aliphatic hydroxyl groups excluding tert-OH is 1. The van der Waals surface area contributed by atoms with E-state index in [-0.39, 0.29) is 23.5 Å². The smallest absolute Gasteiger partial charge is 0.327 e. The fourth-order valence-electron chi connectivity index (χ4n) is 4.88. The van der Waals surface area contributed by atoms with Gasteiger partial charge in [-0.15, -0.1) is 0 Å². The van der Waals surface area contributed by atoms with Gasteiger partial charge in [0.2, 0.25) is 0 Å². The summed E-state index contributed by atoms with van der Waals surface area (Å²) < 4.78 is 5.21. The average Bonchev–Trinajstić information content (AvgIpc) is 2.59. The molecule has 2 aliphatic heterocycles. The highest BCUT2D eigenvalue weighted by molar-refractivity contribution is 6.07. The molecule has 2 heterocycles. The Morgan fingerprint density at radius 1 is 1.23 bits per heavy atom. The van der Waals surface area contributed by atoms with Crippen molar-refractivity contribution in [1.82, 2.24) is 9.80 Å². The number of rotatable bonds is 2. The molecule has 0 aromatic carbocycles. The van der Waals surface area contributed by atoms with Gasteiger partial charge < -0.3 is 14.7 Å². The summed E-state index contributed by atoms with van der Waals surface area (Å²) in [5, 5.41) is 9.71. The molecule has 3 amide bonds. The lowest BCUT2D eigenvalue weighted by atomic mass is 9.51. The predicted octanol–water partition coefficient (Wildman–Crippen LogP) is 0.981. The molecule has 0 aromatic rings. The van der Waals surface area contributed by atoms with Crippen molar-refractivity contribution in [2.45, 2.75) is 50.2 Å². The number of nitrogens with zero attached hydrogens (tertiary/aromatic N) is 2. The highest BCUT2D eigenvalue weighted by atomic mass is 16.5. The lowest BCUT2D eigenvalue weighted by Crippen LogP contribution is -2.65. The van der Waals surface area contributed by atoms with Gasteiger partial charge in [-0.1, -0.05) is 0 Å². The second kappa shape index (κ2) is 4.68. The minimum atomic E-state index is -0.607. The second-order valence-corrected chi connectivity index (χ2v) is 7.78. The van der Waals surface area contributed by atoms with E-state index in [0.29, 0.717) is 25.7 Å². The zero-order valence-electron chi connectivity index (χ0n) is 13.1. The van der Waals surface area contributed by atoms with Crippen LogP contribution < -0.4 is 0 Å². The molecular formula is C16H24N2O4. The number of hydrogen-bond acceptors (Lipinski definition) is 4. The van der Waals surface area contributed by atoms with Crippen LogP contribution in [-0.2, 0) is 9.53 Å². The topological polar surface area (TPSA) is 70.1 Å². The van der Waals surface area contributed by atoms with Gasteiger partial charge in [-0.3, -0.25) is 9.69 Å². The van der Waals surface area contributed by atoms with Crippen molar-refractivity contribution in [1.29, 1.82) is 0 Å². The van der Waals surface area contributed by atoms with Crippen molar-refractivity contribution in [2.75, 3.05) is 26.8 Å². The number of carbonyl (C=O) groups excluding carboxylic acids is 2. The van der Waals surface area contributed by atoms with Crippen LogP contribution in [0.25, 0.3) is 0 Å². The molecule has 2 aliphatic carbocycles. The first-order chi connectivity index (χ1) is 10.5. The third-order valence-corrected chi connectivity index (χ3v) is 6.24. The Morgan fingerprint density at radius 2 is 1.86 bits per heavy atom. The second-order valence-electron chi connectivity index (χ2n) is 7.78. The summed E-state index contributed by atoms with van der Waals surface area (Å²) in [4.78, 5) is 28.3. The quantitative estimate of drug-likeness (QED) is 0.772. The van der Waals surface area contributed by atoms with E-state index in [1.807, 2.05) is 4.90 Å². The Balaban J connectivity index is 1.53. The molecule has 0 unspecified atom stereocenters. The molecule has 4 rings (SSSR count). The maximum Gasteiger partial charge on any atom is 0.327 e. The van der Waals surface area contributed by atoms with Gasteiger partial charge in [0.1, 0.15) is 5.54 Å². The monoisotopic (exact) mass is 308 g/mol. The third-order valence-electron chi connectivity index (χ3n) is 6.24. The van der Waals surface area contributed by atoms with Gasteiger partial charge in [-0.25, -0.2) is 4.79 Å². The largest absolute Gasteiger partial charge is 0.393 e. The van der Waals surface area contributed by atoms with Gasteiger partial charge in [0.25, 0.3) is 5.91 Å². The Bertz CT molecular complexity index is 500. The molecule has 0 radical (unpaired) electrons. The van der Waals surface area contributed by atoms with Crippen LogP contribution in [0.3, 0.4) is 0 Å². The van der Waals surface area contributed by atoms with Crippen LogP contribution in [0.4, 0.5) is 4.79 Å². The van der Waals surface area contributed by atoms with E-state index in [0.717, 1.165) is 38.5 Å². The standard InChI is InChI=1S/C16H24N2O4/c1-17-13(20)16(18(14(17)21)6-11-7-22-8-11)9-15(10-16)4-2-12(19)3-5-15/h11-12,19H,2-10H2,1H3. The highest BCUT2D eigenvalue weighted by Gasteiger charge is 2.67. The summed E-state index contributed by atoms with van der Waals surface area (Å²) >= 11 is 0. The van der Waals surface area contributed by atoms with Crippen LogP contribution >= 0.6 is 0 Å². The maximum atomic E-state index is 12.7. The highest BCUT2D eigenvalue weighted by Crippen LogP contribution is 2.61. The minimum Gasteiger partial charge on any atom is -0.393 e. The molecule has 4 fully saturated rings. The minimum absolute atomic E-state index is 0.0329. The number of aliphatic hydroxyl groups is 1. The fourth-order valence-corrected chi connectivity index (χ4v) is 4.88. The van der Waals surface area contributed by atoms with Crippen LogP contribution in [-0.4, -0.2) is 65.3 Å². The first-order valence-electron chi connectivity index (χ1n) is 8.31. The molecule has 2 saturated carbocycles. The molecule has 122 valence electrons. The summed E-state index contributed by atoms with van der Waals surface area (Å²) in [5.74, 6) is 0.333. The molecule has 4 aliphatic rings. The third kappa shape index (κ3) is 1.86. The van der Waals surface area contributed by atoms with Gasteiger partial charge >= 0.3 is 6.03 Å². The van der Waals surface area contributed by atoms with Gasteiger partial charge in [0, 0.05) is 19.5 Å². The number of hydrogen-bond donors (Lipinski definition) is 1. The van der Waals surface area contributed by atoms with Crippen LogP contribution in [0.2, 0.25) is 0 Å². The Labute approximate surface area is 130 Å². The van der Waals surface area contributed by atoms with Crippen molar-refractivity contribution >= 4 is 11.9 Å². The summed E-state index contributed by atoms with van der Waals surface area (Å²) in [7, 11) is 1.60. The van der Waals surface area contributed by atoms with Crippen LogP contribution in [0.15, 0.2) is 0 Å². The number of carbonyl (C=O) groups is 2. The summed E-state index contributed by atoms with van der Waals surface area (Å²) in [6.07, 6.45) is 4.96. The Hall–Kier alpha value is -1.14. The van der Waals surface area contributed by atoms with Crippen LogP contribution in [0.5, 0.6) is 0 Å². The van der Waals surface area contributed by atoms with Crippen LogP contribution in [0.1, 0.15) is 38.5 Å². The normalized spacial score (nSPS) is 42.2. The SMILES string of the molecule is CN1C(=O)N(CC2COC2)C2(CC3(CCC(O)CC3)C2)C1=O. The van der Waals surface area contributed by atoms with E-state index in [4.69, 9.17) is 4.74 Å². The van der Waals surface area contributed by atoms with Gasteiger partial charge in [-0.05, 0) is 43.9 Å². The van der Waals surface area contributed by atoms with E-state index < -0.39 is 5.54 Å². The molecule has 1 N–H and O–H groups in total. The van der Waals surface area contributed by atoms with E-state index in [1.165, 1.54) is 4.90 Å². The summed E-state index contributed by atoms with van der Waals surface area (Å²) in [6, 6.07) is -0.150. The summed E-state index contributed by atoms with van der Waals surface area (Å²) in [6.45, 7) is 2.01. The van der Waals surface area contributed by atoms with Crippen molar-refractivity contribution in [3.63, 3.8) is 0 Å². The van der Waals surface area contributed by atoms with Crippen molar-refractivity contribution in [2.24, 2.45) is 11.3 Å². The van der Waals surface area contributed by atoms with E-state index in [1.54, 1.807) is 7.05 Å². The van der Waals surface area contributed by atoms with Gasteiger partial charge in [0.15, 0.2) is 0 Å². The maximum absolute atomic E-state index is 12.7. The van der Waals surface area contributed by atoms with Gasteiger partial charge in [0.05, 0.1) is 19.3 Å². The van der Waals surface area contributed by atoms with Gasteiger partial charge in [-0.2, -0.15) is 0 Å². The molecule has 6 nitrogen and oxygen atoms in total.